The van der Waals surface area contributed by atoms with Gasteiger partial charge in [0.15, 0.2) is 18.6 Å². The smallest absolute Gasteiger partial charge is 0.297 e. The van der Waals surface area contributed by atoms with E-state index in [1.807, 2.05) is 6.92 Å². The molecule has 2 saturated heterocycles. The van der Waals surface area contributed by atoms with E-state index in [4.69, 9.17) is 13.7 Å². The number of halogens is 1. The van der Waals surface area contributed by atoms with Crippen LogP contribution < -0.4 is 0 Å². The SMILES string of the molecule is Cc1ccc(S(=O)(=O)O[C@H]2[C@@H]3OC[C@@H](O3)[C@@H](F)[C@@H]2O)cc1. The van der Waals surface area contributed by atoms with Gasteiger partial charge < -0.3 is 14.6 Å². The van der Waals surface area contributed by atoms with Crippen molar-refractivity contribution in [2.45, 2.75) is 42.6 Å². The molecule has 2 bridgehead atoms. The fourth-order valence-electron chi connectivity index (χ4n) is 2.35. The third-order valence-corrected chi connectivity index (χ3v) is 4.89. The summed E-state index contributed by atoms with van der Waals surface area (Å²) < 4.78 is 53.4. The van der Waals surface area contributed by atoms with E-state index in [0.29, 0.717) is 0 Å². The van der Waals surface area contributed by atoms with Crippen LogP contribution in [0.25, 0.3) is 0 Å². The maximum Gasteiger partial charge on any atom is 0.297 e. The second-order valence-electron chi connectivity index (χ2n) is 5.14. The molecule has 116 valence electrons. The fourth-order valence-corrected chi connectivity index (χ4v) is 3.43. The van der Waals surface area contributed by atoms with Crippen LogP contribution in [0.2, 0.25) is 0 Å². The molecule has 1 aromatic carbocycles. The zero-order valence-electron chi connectivity index (χ0n) is 11.2. The van der Waals surface area contributed by atoms with Gasteiger partial charge in [0.25, 0.3) is 10.1 Å². The summed E-state index contributed by atoms with van der Waals surface area (Å²) in [6, 6.07) is 5.99. The van der Waals surface area contributed by atoms with Crippen molar-refractivity contribution in [3.05, 3.63) is 29.8 Å². The largest absolute Gasteiger partial charge is 0.387 e. The predicted octanol–water partition coefficient (Wildman–Crippen LogP) is 0.523. The predicted molar refractivity (Wildman–Crippen MR) is 68.8 cm³/mol. The van der Waals surface area contributed by atoms with Crippen molar-refractivity contribution in [1.29, 1.82) is 0 Å². The van der Waals surface area contributed by atoms with Crippen LogP contribution >= 0.6 is 0 Å². The molecule has 0 aliphatic carbocycles. The standard InChI is InChI=1S/C13H15FO6S/c1-7-2-4-8(5-3-7)21(16,17)20-12-11(15)10(14)9-6-18-13(12)19-9/h2-5,9-13,15H,6H2,1H3/t9-,10-,11+,12-,13-/m1/s1. The first-order valence-electron chi connectivity index (χ1n) is 6.47. The Kier molecular flexibility index (Phi) is 3.74. The number of ether oxygens (including phenoxy) is 2. The molecule has 0 unspecified atom stereocenters. The lowest BCUT2D eigenvalue weighted by Crippen LogP contribution is -2.53. The molecular formula is C13H15FO6S. The van der Waals surface area contributed by atoms with Gasteiger partial charge in [-0.15, -0.1) is 0 Å². The van der Waals surface area contributed by atoms with Gasteiger partial charge in [0.05, 0.1) is 11.5 Å². The van der Waals surface area contributed by atoms with Crippen molar-refractivity contribution < 1.29 is 31.6 Å². The number of hydrogen-bond acceptors (Lipinski definition) is 6. The number of hydrogen-bond donors (Lipinski definition) is 1. The van der Waals surface area contributed by atoms with Crippen LogP contribution in [0, 0.1) is 6.92 Å². The number of rotatable bonds is 3. The third kappa shape index (κ3) is 2.69. The zero-order valence-corrected chi connectivity index (χ0v) is 12.0. The van der Waals surface area contributed by atoms with Crippen molar-refractivity contribution in [1.82, 2.24) is 0 Å². The number of benzene rings is 1. The highest BCUT2D eigenvalue weighted by atomic mass is 32.2. The molecule has 5 atom stereocenters. The van der Waals surface area contributed by atoms with E-state index in [9.17, 15) is 17.9 Å². The van der Waals surface area contributed by atoms with E-state index in [2.05, 4.69) is 0 Å². The van der Waals surface area contributed by atoms with Gasteiger partial charge in [-0.2, -0.15) is 8.42 Å². The summed E-state index contributed by atoms with van der Waals surface area (Å²) in [5.41, 5.74) is 0.890. The van der Waals surface area contributed by atoms with Gasteiger partial charge in [-0.05, 0) is 19.1 Å². The van der Waals surface area contributed by atoms with E-state index in [1.54, 1.807) is 12.1 Å². The minimum absolute atomic E-state index is 0.0344. The molecule has 8 heteroatoms. The first-order chi connectivity index (χ1) is 9.88. The van der Waals surface area contributed by atoms with Crippen molar-refractivity contribution in [2.24, 2.45) is 0 Å². The molecule has 3 rings (SSSR count). The van der Waals surface area contributed by atoms with Crippen LogP contribution in [0.4, 0.5) is 4.39 Å². The first-order valence-corrected chi connectivity index (χ1v) is 7.88. The van der Waals surface area contributed by atoms with Crippen LogP contribution in [-0.4, -0.2) is 50.9 Å². The molecule has 2 fully saturated rings. The quantitative estimate of drug-likeness (QED) is 0.819. The summed E-state index contributed by atoms with van der Waals surface area (Å²) in [6.07, 6.45) is -6.76. The third-order valence-electron chi connectivity index (χ3n) is 3.57. The van der Waals surface area contributed by atoms with Gasteiger partial charge in [0.1, 0.15) is 12.2 Å². The first kappa shape index (κ1) is 14.9. The molecule has 0 radical (unpaired) electrons. The lowest BCUT2D eigenvalue weighted by Gasteiger charge is -2.33. The number of fused-ring (bicyclic) bond motifs is 2. The minimum Gasteiger partial charge on any atom is -0.387 e. The molecule has 1 aromatic rings. The lowest BCUT2D eigenvalue weighted by molar-refractivity contribution is -0.205. The molecule has 0 saturated carbocycles. The molecule has 0 aromatic heterocycles. The summed E-state index contributed by atoms with van der Waals surface area (Å²) in [4.78, 5) is -0.0733. The van der Waals surface area contributed by atoms with Crippen LogP contribution in [0.1, 0.15) is 5.56 Å². The average molecular weight is 318 g/mol. The van der Waals surface area contributed by atoms with E-state index in [-0.39, 0.29) is 11.5 Å². The summed E-state index contributed by atoms with van der Waals surface area (Å²) in [5, 5.41) is 9.85. The van der Waals surface area contributed by atoms with Crippen LogP contribution in [0.5, 0.6) is 0 Å². The zero-order chi connectivity index (χ0) is 15.2. The number of alkyl halides is 1. The Morgan fingerprint density at radius 2 is 2.00 bits per heavy atom. The summed E-state index contributed by atoms with van der Waals surface area (Å²) in [6.45, 7) is 1.78. The Labute approximate surface area is 121 Å². The number of aliphatic hydroxyl groups is 1. The normalized spacial score (nSPS) is 35.9. The molecule has 2 aliphatic heterocycles. The van der Waals surface area contributed by atoms with Gasteiger partial charge in [-0.3, -0.25) is 4.18 Å². The molecule has 2 aliphatic rings. The molecule has 6 nitrogen and oxygen atoms in total. The maximum absolute atomic E-state index is 13.8. The van der Waals surface area contributed by atoms with Crippen molar-refractivity contribution in [2.75, 3.05) is 6.61 Å². The minimum atomic E-state index is -4.14. The Hall–Kier alpha value is -1.06. The average Bonchev–Trinajstić information content (AvgIpc) is 2.89. The Bertz CT molecular complexity index is 616. The van der Waals surface area contributed by atoms with Gasteiger partial charge >= 0.3 is 0 Å². The highest BCUT2D eigenvalue weighted by Gasteiger charge is 2.53. The van der Waals surface area contributed by atoms with E-state index in [1.165, 1.54) is 12.1 Å². The summed E-state index contributed by atoms with van der Waals surface area (Å²) >= 11 is 0. The number of aryl methyl sites for hydroxylation is 1. The molecule has 21 heavy (non-hydrogen) atoms. The summed E-state index contributed by atoms with van der Waals surface area (Å²) in [7, 11) is -4.14. The second-order valence-corrected chi connectivity index (χ2v) is 6.71. The van der Waals surface area contributed by atoms with Crippen molar-refractivity contribution >= 4 is 10.1 Å². The number of aliphatic hydroxyl groups excluding tert-OH is 1. The van der Waals surface area contributed by atoms with E-state index in [0.717, 1.165) is 5.56 Å². The lowest BCUT2D eigenvalue weighted by atomic mass is 10.0. The topological polar surface area (TPSA) is 82.1 Å². The van der Waals surface area contributed by atoms with Crippen LogP contribution in [0.3, 0.4) is 0 Å². The molecule has 2 heterocycles. The molecule has 0 spiro atoms. The van der Waals surface area contributed by atoms with Gasteiger partial charge in [0.2, 0.25) is 0 Å². The Morgan fingerprint density at radius 3 is 2.67 bits per heavy atom. The van der Waals surface area contributed by atoms with Crippen molar-refractivity contribution in [3.8, 4) is 0 Å². The molecular weight excluding hydrogens is 303 g/mol. The Morgan fingerprint density at radius 1 is 1.33 bits per heavy atom. The van der Waals surface area contributed by atoms with E-state index >= 15 is 0 Å². The molecule has 1 N–H and O–H groups in total. The van der Waals surface area contributed by atoms with Crippen LogP contribution in [-0.2, 0) is 23.8 Å². The van der Waals surface area contributed by atoms with Crippen molar-refractivity contribution in [3.63, 3.8) is 0 Å². The van der Waals surface area contributed by atoms with Gasteiger partial charge in [-0.25, -0.2) is 4.39 Å². The Balaban J connectivity index is 1.83. The second kappa shape index (κ2) is 5.29. The fraction of sp³-hybridized carbons (Fsp3) is 0.538. The molecule has 0 amide bonds. The van der Waals surface area contributed by atoms with Gasteiger partial charge in [-0.1, -0.05) is 17.7 Å². The monoisotopic (exact) mass is 318 g/mol. The van der Waals surface area contributed by atoms with E-state index < -0.39 is 40.9 Å². The van der Waals surface area contributed by atoms with Gasteiger partial charge in [0, 0.05) is 0 Å². The van der Waals surface area contributed by atoms with Crippen LogP contribution in [0.15, 0.2) is 29.2 Å². The maximum atomic E-state index is 13.8. The summed E-state index contributed by atoms with van der Waals surface area (Å²) in [5.74, 6) is 0. The highest BCUT2D eigenvalue weighted by molar-refractivity contribution is 7.86. The highest BCUT2D eigenvalue weighted by Crippen LogP contribution is 2.33.